The predicted octanol–water partition coefficient (Wildman–Crippen LogP) is 3.19. The Morgan fingerprint density at radius 2 is 1.91 bits per heavy atom. The SMILES string of the molecule is CC(C)c1csc2nc(Cc3ccc(CO)cc3)[nH]c(=O)c12. The summed E-state index contributed by atoms with van der Waals surface area (Å²) in [5.74, 6) is 0.986. The van der Waals surface area contributed by atoms with Crippen molar-refractivity contribution >= 4 is 21.6 Å². The first-order valence-corrected chi connectivity index (χ1v) is 8.15. The Balaban J connectivity index is 1.96. The van der Waals surface area contributed by atoms with Crippen LogP contribution in [-0.2, 0) is 13.0 Å². The summed E-state index contributed by atoms with van der Waals surface area (Å²) in [7, 11) is 0. The Morgan fingerprint density at radius 3 is 2.55 bits per heavy atom. The van der Waals surface area contributed by atoms with E-state index in [1.54, 1.807) is 0 Å². The van der Waals surface area contributed by atoms with Crippen LogP contribution >= 0.6 is 11.3 Å². The third-order valence-electron chi connectivity index (χ3n) is 3.72. The summed E-state index contributed by atoms with van der Waals surface area (Å²) in [4.78, 5) is 20.6. The number of rotatable bonds is 4. The Hall–Kier alpha value is -1.98. The standard InChI is InChI=1S/C17H18N2O2S/c1-10(2)13-9-22-17-15(13)16(21)18-14(19-17)7-11-3-5-12(8-20)6-4-11/h3-6,9-10,20H,7-8H2,1-2H3,(H,18,19,21). The summed E-state index contributed by atoms with van der Waals surface area (Å²) in [6, 6.07) is 7.66. The first kappa shape index (κ1) is 14.9. The lowest BCUT2D eigenvalue weighted by Gasteiger charge is -2.05. The number of aromatic amines is 1. The summed E-state index contributed by atoms with van der Waals surface area (Å²) in [5, 5.41) is 11.8. The zero-order valence-corrected chi connectivity index (χ0v) is 13.4. The van der Waals surface area contributed by atoms with E-state index in [9.17, 15) is 4.79 Å². The third-order valence-corrected chi connectivity index (χ3v) is 4.61. The molecule has 0 aliphatic rings. The average Bonchev–Trinajstić information content (AvgIpc) is 2.92. The van der Waals surface area contributed by atoms with Gasteiger partial charge in [0.1, 0.15) is 10.7 Å². The van der Waals surface area contributed by atoms with Crippen LogP contribution in [0.15, 0.2) is 34.4 Å². The monoisotopic (exact) mass is 314 g/mol. The van der Waals surface area contributed by atoms with Crippen molar-refractivity contribution in [3.05, 3.63) is 62.5 Å². The van der Waals surface area contributed by atoms with Gasteiger partial charge in [-0.1, -0.05) is 38.1 Å². The number of aliphatic hydroxyl groups excluding tert-OH is 1. The zero-order chi connectivity index (χ0) is 15.7. The van der Waals surface area contributed by atoms with Crippen LogP contribution in [0.1, 0.15) is 42.3 Å². The second kappa shape index (κ2) is 6.02. The average molecular weight is 314 g/mol. The summed E-state index contributed by atoms with van der Waals surface area (Å²) in [6.45, 7) is 4.20. The number of aliphatic hydroxyl groups is 1. The van der Waals surface area contributed by atoms with Gasteiger partial charge in [0, 0.05) is 6.42 Å². The number of H-pyrrole nitrogens is 1. The van der Waals surface area contributed by atoms with Crippen LogP contribution in [0.25, 0.3) is 10.2 Å². The maximum absolute atomic E-state index is 12.4. The van der Waals surface area contributed by atoms with E-state index in [-0.39, 0.29) is 12.2 Å². The number of aromatic nitrogens is 2. The molecule has 0 aliphatic carbocycles. The highest BCUT2D eigenvalue weighted by Gasteiger charge is 2.13. The zero-order valence-electron chi connectivity index (χ0n) is 12.6. The molecule has 2 N–H and O–H groups in total. The number of hydrogen-bond donors (Lipinski definition) is 2. The highest BCUT2D eigenvalue weighted by Crippen LogP contribution is 2.27. The van der Waals surface area contributed by atoms with Gasteiger partial charge in [-0.25, -0.2) is 4.98 Å². The molecule has 3 aromatic rings. The van der Waals surface area contributed by atoms with Gasteiger partial charge in [0.15, 0.2) is 0 Å². The topological polar surface area (TPSA) is 66.0 Å². The number of thiophene rings is 1. The number of fused-ring (bicyclic) bond motifs is 1. The Bertz CT molecular complexity index is 847. The predicted molar refractivity (Wildman–Crippen MR) is 89.5 cm³/mol. The van der Waals surface area contributed by atoms with Crippen molar-refractivity contribution in [2.75, 3.05) is 0 Å². The molecule has 0 radical (unpaired) electrons. The molecule has 0 bridgehead atoms. The van der Waals surface area contributed by atoms with Gasteiger partial charge < -0.3 is 10.1 Å². The van der Waals surface area contributed by atoms with E-state index < -0.39 is 0 Å². The summed E-state index contributed by atoms with van der Waals surface area (Å²) >= 11 is 1.52. The van der Waals surface area contributed by atoms with Gasteiger partial charge in [0.25, 0.3) is 5.56 Å². The lowest BCUT2D eigenvalue weighted by Crippen LogP contribution is -2.12. The number of nitrogens with zero attached hydrogens (tertiary/aromatic N) is 1. The second-order valence-electron chi connectivity index (χ2n) is 5.69. The summed E-state index contributed by atoms with van der Waals surface area (Å²) < 4.78 is 0. The van der Waals surface area contributed by atoms with E-state index >= 15 is 0 Å². The number of nitrogens with one attached hydrogen (secondary N) is 1. The molecule has 0 spiro atoms. The maximum Gasteiger partial charge on any atom is 0.259 e. The quantitative estimate of drug-likeness (QED) is 0.777. The molecule has 0 fully saturated rings. The van der Waals surface area contributed by atoms with Crippen LogP contribution in [-0.4, -0.2) is 15.1 Å². The van der Waals surface area contributed by atoms with Gasteiger partial charge in [0.2, 0.25) is 0 Å². The molecule has 22 heavy (non-hydrogen) atoms. The van der Waals surface area contributed by atoms with Crippen LogP contribution in [0.5, 0.6) is 0 Å². The van der Waals surface area contributed by atoms with Crippen molar-refractivity contribution in [2.45, 2.75) is 32.8 Å². The lowest BCUT2D eigenvalue weighted by molar-refractivity contribution is 0.282. The van der Waals surface area contributed by atoms with Crippen LogP contribution in [0.2, 0.25) is 0 Å². The van der Waals surface area contributed by atoms with Gasteiger partial charge in [-0.15, -0.1) is 11.3 Å². The van der Waals surface area contributed by atoms with Crippen LogP contribution < -0.4 is 5.56 Å². The van der Waals surface area contributed by atoms with Crippen LogP contribution in [0, 0.1) is 0 Å². The van der Waals surface area contributed by atoms with Crippen molar-refractivity contribution in [2.24, 2.45) is 0 Å². The van der Waals surface area contributed by atoms with E-state index in [0.29, 0.717) is 18.2 Å². The van der Waals surface area contributed by atoms with Gasteiger partial charge in [0.05, 0.1) is 12.0 Å². The Kier molecular flexibility index (Phi) is 4.09. The maximum atomic E-state index is 12.4. The van der Waals surface area contributed by atoms with Crippen LogP contribution in [0.3, 0.4) is 0 Å². The molecule has 0 amide bonds. The molecule has 0 saturated heterocycles. The van der Waals surface area contributed by atoms with Gasteiger partial charge in [-0.3, -0.25) is 4.79 Å². The molecule has 114 valence electrons. The van der Waals surface area contributed by atoms with E-state index in [1.165, 1.54) is 11.3 Å². The lowest BCUT2D eigenvalue weighted by atomic mass is 10.0. The second-order valence-corrected chi connectivity index (χ2v) is 6.55. The highest BCUT2D eigenvalue weighted by molar-refractivity contribution is 7.16. The minimum absolute atomic E-state index is 0.0362. The van der Waals surface area contributed by atoms with Crippen molar-refractivity contribution in [1.82, 2.24) is 9.97 Å². The van der Waals surface area contributed by atoms with Crippen molar-refractivity contribution in [3.8, 4) is 0 Å². The fourth-order valence-corrected chi connectivity index (χ4v) is 3.60. The van der Waals surface area contributed by atoms with Gasteiger partial charge >= 0.3 is 0 Å². The highest BCUT2D eigenvalue weighted by atomic mass is 32.1. The largest absolute Gasteiger partial charge is 0.392 e. The van der Waals surface area contributed by atoms with E-state index in [2.05, 4.69) is 23.8 Å². The summed E-state index contributed by atoms with van der Waals surface area (Å²) in [5.41, 5.74) is 2.94. The molecule has 1 aromatic carbocycles. The van der Waals surface area contributed by atoms with Gasteiger partial charge in [-0.2, -0.15) is 0 Å². The normalized spacial score (nSPS) is 11.5. The van der Waals surface area contributed by atoms with E-state index in [4.69, 9.17) is 5.11 Å². The minimum atomic E-state index is -0.0584. The molecular formula is C17H18N2O2S. The molecule has 0 unspecified atom stereocenters. The van der Waals surface area contributed by atoms with Crippen molar-refractivity contribution in [1.29, 1.82) is 0 Å². The first-order chi connectivity index (χ1) is 10.6. The third kappa shape index (κ3) is 2.82. The molecular weight excluding hydrogens is 296 g/mol. The molecule has 0 aliphatic heterocycles. The van der Waals surface area contributed by atoms with E-state index in [1.807, 2.05) is 29.6 Å². The molecule has 4 nitrogen and oxygen atoms in total. The fourth-order valence-electron chi connectivity index (χ4n) is 2.48. The molecule has 0 atom stereocenters. The Morgan fingerprint density at radius 1 is 1.23 bits per heavy atom. The minimum Gasteiger partial charge on any atom is -0.392 e. The summed E-state index contributed by atoms with van der Waals surface area (Å²) in [6.07, 6.45) is 0.575. The van der Waals surface area contributed by atoms with Crippen LogP contribution in [0.4, 0.5) is 0 Å². The van der Waals surface area contributed by atoms with E-state index in [0.717, 1.165) is 26.9 Å². The Labute approximate surface area is 132 Å². The van der Waals surface area contributed by atoms with Gasteiger partial charge in [-0.05, 0) is 28.0 Å². The van der Waals surface area contributed by atoms with Crippen molar-refractivity contribution < 1.29 is 5.11 Å². The number of hydrogen-bond acceptors (Lipinski definition) is 4. The molecule has 0 saturated carbocycles. The number of benzene rings is 1. The fraction of sp³-hybridized carbons (Fsp3) is 0.294. The molecule has 5 heteroatoms. The molecule has 2 heterocycles. The first-order valence-electron chi connectivity index (χ1n) is 7.27. The molecule has 2 aromatic heterocycles. The van der Waals surface area contributed by atoms with Crippen molar-refractivity contribution in [3.63, 3.8) is 0 Å². The molecule has 3 rings (SSSR count). The smallest absolute Gasteiger partial charge is 0.259 e.